The Labute approximate surface area is 92.2 Å². The molecule has 2 aromatic carbocycles. The van der Waals surface area contributed by atoms with E-state index in [1.807, 2.05) is 36.4 Å². The Hall–Kier alpha value is -2.22. The van der Waals surface area contributed by atoms with Crippen LogP contribution in [-0.2, 0) is 0 Å². The van der Waals surface area contributed by atoms with E-state index in [-0.39, 0.29) is 5.43 Å². The summed E-state index contributed by atoms with van der Waals surface area (Å²) in [6.45, 7) is 0. The van der Waals surface area contributed by atoms with Crippen LogP contribution in [-0.4, -0.2) is 4.98 Å². The highest BCUT2D eigenvalue weighted by Gasteiger charge is 2.01. The van der Waals surface area contributed by atoms with Crippen LogP contribution in [0.5, 0.6) is 0 Å². The zero-order valence-electron chi connectivity index (χ0n) is 8.55. The predicted octanol–water partition coefficient (Wildman–Crippen LogP) is 2.75. The number of hydrogen-bond donors (Lipinski definition) is 0. The van der Waals surface area contributed by atoms with Gasteiger partial charge in [-0.2, -0.15) is 0 Å². The summed E-state index contributed by atoms with van der Waals surface area (Å²) in [6, 6.07) is 15.0. The summed E-state index contributed by atoms with van der Waals surface area (Å²) in [5, 5.41) is 2.72. The molecular formula is C14H9NO. The first-order chi connectivity index (χ1) is 7.86. The van der Waals surface area contributed by atoms with Crippen LogP contribution in [0, 0.1) is 0 Å². The molecule has 0 unspecified atom stereocenters. The monoisotopic (exact) mass is 207 g/mol. The third-order valence-electron chi connectivity index (χ3n) is 2.70. The van der Waals surface area contributed by atoms with Crippen molar-refractivity contribution >= 4 is 21.7 Å². The Kier molecular flexibility index (Phi) is 1.93. The Morgan fingerprint density at radius 3 is 2.56 bits per heavy atom. The van der Waals surface area contributed by atoms with E-state index in [0.29, 0.717) is 5.39 Å². The van der Waals surface area contributed by atoms with Gasteiger partial charge in [-0.1, -0.05) is 30.3 Å². The lowest BCUT2D eigenvalue weighted by Crippen LogP contribution is -1.94. The molecule has 0 aliphatic rings. The zero-order valence-corrected chi connectivity index (χ0v) is 8.55. The summed E-state index contributed by atoms with van der Waals surface area (Å²) in [7, 11) is 0. The average molecular weight is 207 g/mol. The standard InChI is InChI=1S/C14H9NO/c16-13-8-7-10-4-1-2-5-11(10)14-12(13)6-3-9-15-14/h1-9H. The van der Waals surface area contributed by atoms with Crippen molar-refractivity contribution in [3.63, 3.8) is 0 Å². The second-order valence-electron chi connectivity index (χ2n) is 3.68. The Morgan fingerprint density at radius 2 is 1.62 bits per heavy atom. The first-order valence-corrected chi connectivity index (χ1v) is 5.13. The lowest BCUT2D eigenvalue weighted by atomic mass is 10.1. The van der Waals surface area contributed by atoms with Crippen molar-refractivity contribution in [2.75, 3.05) is 0 Å². The molecule has 0 radical (unpaired) electrons. The topological polar surface area (TPSA) is 30.0 Å². The number of benzene rings is 1. The summed E-state index contributed by atoms with van der Waals surface area (Å²) in [5.41, 5.74) is 0.785. The second kappa shape index (κ2) is 3.42. The van der Waals surface area contributed by atoms with Crippen molar-refractivity contribution in [1.29, 1.82) is 0 Å². The Balaban J connectivity index is 2.74. The number of fused-ring (bicyclic) bond motifs is 3. The van der Waals surface area contributed by atoms with Gasteiger partial charge in [0.15, 0.2) is 5.43 Å². The van der Waals surface area contributed by atoms with Gasteiger partial charge in [-0.15, -0.1) is 0 Å². The van der Waals surface area contributed by atoms with Crippen LogP contribution < -0.4 is 5.43 Å². The highest BCUT2D eigenvalue weighted by atomic mass is 16.1. The van der Waals surface area contributed by atoms with Crippen LogP contribution in [0.25, 0.3) is 21.7 Å². The molecule has 0 N–H and O–H groups in total. The van der Waals surface area contributed by atoms with Crippen LogP contribution in [0.2, 0.25) is 0 Å². The van der Waals surface area contributed by atoms with E-state index in [2.05, 4.69) is 4.98 Å². The second-order valence-corrected chi connectivity index (χ2v) is 3.68. The van der Waals surface area contributed by atoms with Crippen LogP contribution in [0.3, 0.4) is 0 Å². The summed E-state index contributed by atoms with van der Waals surface area (Å²) in [5.74, 6) is 0. The Morgan fingerprint density at radius 1 is 0.812 bits per heavy atom. The number of rotatable bonds is 0. The molecule has 0 atom stereocenters. The maximum Gasteiger partial charge on any atom is 0.188 e. The van der Waals surface area contributed by atoms with E-state index in [0.717, 1.165) is 16.3 Å². The van der Waals surface area contributed by atoms with E-state index in [9.17, 15) is 4.79 Å². The van der Waals surface area contributed by atoms with Gasteiger partial charge in [-0.05, 0) is 23.6 Å². The van der Waals surface area contributed by atoms with Gasteiger partial charge >= 0.3 is 0 Å². The van der Waals surface area contributed by atoms with Gasteiger partial charge in [0.1, 0.15) is 0 Å². The van der Waals surface area contributed by atoms with Crippen molar-refractivity contribution in [3.05, 3.63) is 65.0 Å². The highest BCUT2D eigenvalue weighted by Crippen LogP contribution is 2.18. The molecule has 0 spiro atoms. The number of nitrogens with zero attached hydrogens (tertiary/aromatic N) is 1. The van der Waals surface area contributed by atoms with Gasteiger partial charge in [0.05, 0.1) is 5.52 Å². The SMILES string of the molecule is O=c1ccc2ccccc2c2ncccc12. The summed E-state index contributed by atoms with van der Waals surface area (Å²) in [4.78, 5) is 16.2. The quantitative estimate of drug-likeness (QED) is 0.567. The molecule has 3 aromatic rings. The van der Waals surface area contributed by atoms with Crippen LogP contribution in [0.4, 0.5) is 0 Å². The molecule has 76 valence electrons. The van der Waals surface area contributed by atoms with Gasteiger partial charge in [0.25, 0.3) is 0 Å². The van der Waals surface area contributed by atoms with Gasteiger partial charge < -0.3 is 0 Å². The van der Waals surface area contributed by atoms with Gasteiger partial charge in [-0.25, -0.2) is 0 Å². The minimum absolute atomic E-state index is 0.0132. The normalized spacial score (nSPS) is 10.8. The van der Waals surface area contributed by atoms with Crippen molar-refractivity contribution in [2.24, 2.45) is 0 Å². The van der Waals surface area contributed by atoms with Crippen LogP contribution >= 0.6 is 0 Å². The Bertz CT molecular complexity index is 734. The molecule has 0 aliphatic heterocycles. The van der Waals surface area contributed by atoms with Gasteiger partial charge in [0, 0.05) is 17.0 Å². The number of pyridine rings is 1. The summed E-state index contributed by atoms with van der Waals surface area (Å²) in [6.07, 6.45) is 1.72. The molecule has 1 heterocycles. The largest absolute Gasteiger partial charge is 0.289 e. The molecule has 0 saturated carbocycles. The van der Waals surface area contributed by atoms with E-state index in [4.69, 9.17) is 0 Å². The lowest BCUT2D eigenvalue weighted by molar-refractivity contribution is 1.43. The number of aromatic nitrogens is 1. The van der Waals surface area contributed by atoms with Gasteiger partial charge in [0.2, 0.25) is 0 Å². The van der Waals surface area contributed by atoms with E-state index >= 15 is 0 Å². The fraction of sp³-hybridized carbons (Fsp3) is 0. The molecule has 16 heavy (non-hydrogen) atoms. The van der Waals surface area contributed by atoms with Crippen molar-refractivity contribution < 1.29 is 0 Å². The van der Waals surface area contributed by atoms with Crippen molar-refractivity contribution in [3.8, 4) is 0 Å². The predicted molar refractivity (Wildman–Crippen MR) is 65.5 cm³/mol. The van der Waals surface area contributed by atoms with Crippen molar-refractivity contribution in [1.82, 2.24) is 4.98 Å². The summed E-state index contributed by atoms with van der Waals surface area (Å²) < 4.78 is 0. The molecule has 0 saturated heterocycles. The smallest absolute Gasteiger partial charge is 0.188 e. The summed E-state index contributed by atoms with van der Waals surface area (Å²) >= 11 is 0. The molecule has 1 aromatic heterocycles. The first-order valence-electron chi connectivity index (χ1n) is 5.13. The van der Waals surface area contributed by atoms with Gasteiger partial charge in [-0.3, -0.25) is 9.78 Å². The maximum absolute atomic E-state index is 11.8. The lowest BCUT2D eigenvalue weighted by Gasteiger charge is -1.94. The molecule has 0 amide bonds. The van der Waals surface area contributed by atoms with Crippen LogP contribution in [0.15, 0.2) is 59.5 Å². The minimum Gasteiger partial charge on any atom is -0.289 e. The van der Waals surface area contributed by atoms with E-state index in [1.165, 1.54) is 0 Å². The maximum atomic E-state index is 11.8. The van der Waals surface area contributed by atoms with E-state index < -0.39 is 0 Å². The molecule has 2 nitrogen and oxygen atoms in total. The molecular weight excluding hydrogens is 198 g/mol. The third-order valence-corrected chi connectivity index (χ3v) is 2.70. The third kappa shape index (κ3) is 1.27. The molecule has 0 bridgehead atoms. The number of hydrogen-bond acceptors (Lipinski definition) is 2. The molecule has 3 rings (SSSR count). The minimum atomic E-state index is 0.0132. The zero-order chi connectivity index (χ0) is 11.0. The first kappa shape index (κ1) is 9.04. The fourth-order valence-electron chi connectivity index (χ4n) is 1.93. The fourth-order valence-corrected chi connectivity index (χ4v) is 1.93. The molecule has 0 fully saturated rings. The highest BCUT2D eigenvalue weighted by molar-refractivity contribution is 6.03. The molecule has 2 heteroatoms. The average Bonchev–Trinajstić information content (AvgIpc) is 2.49. The van der Waals surface area contributed by atoms with E-state index in [1.54, 1.807) is 18.3 Å². The van der Waals surface area contributed by atoms with Crippen molar-refractivity contribution in [2.45, 2.75) is 0 Å². The van der Waals surface area contributed by atoms with Crippen LogP contribution in [0.1, 0.15) is 0 Å². The molecule has 0 aliphatic carbocycles.